The number of aromatic hydroxyl groups is 2. The highest BCUT2D eigenvalue weighted by Crippen LogP contribution is 2.31. The number of hydrogen-bond donors (Lipinski definition) is 2. The van der Waals surface area contributed by atoms with Gasteiger partial charge in [-0.25, -0.2) is 0 Å². The lowest BCUT2D eigenvalue weighted by Gasteiger charge is -2.10. The normalized spacial score (nSPS) is 10.5. The number of benzene rings is 2. The quantitative estimate of drug-likeness (QED) is 0.568. The topological polar surface area (TPSA) is 79.9 Å². The maximum absolute atomic E-state index is 12.7. The first-order valence-electron chi connectivity index (χ1n) is 6.88. The third-order valence-corrected chi connectivity index (χ3v) is 3.49. The van der Waals surface area contributed by atoms with Crippen LogP contribution in [-0.2, 0) is 0 Å². The van der Waals surface area contributed by atoms with Crippen molar-refractivity contribution in [3.8, 4) is 28.6 Å². The standard InChI is InChI=1S/C18H14O5/c1-22-17-7-5-11(16-3-2-8-23-16)9-13(17)18(21)12-4-6-14(19)15(20)10-12/h2-10,19-20H,1H3. The molecule has 2 N–H and O–H groups in total. The highest BCUT2D eigenvalue weighted by molar-refractivity contribution is 6.11. The lowest BCUT2D eigenvalue weighted by Crippen LogP contribution is -2.04. The first-order valence-corrected chi connectivity index (χ1v) is 6.88. The highest BCUT2D eigenvalue weighted by atomic mass is 16.5. The SMILES string of the molecule is COc1ccc(-c2ccco2)cc1C(=O)c1ccc(O)c(O)c1. The predicted molar refractivity (Wildman–Crippen MR) is 83.9 cm³/mol. The van der Waals surface area contributed by atoms with Crippen LogP contribution < -0.4 is 4.74 Å². The van der Waals surface area contributed by atoms with Crippen LogP contribution in [0.2, 0.25) is 0 Å². The number of carbonyl (C=O) groups is 1. The zero-order valence-electron chi connectivity index (χ0n) is 12.3. The molecule has 0 amide bonds. The van der Waals surface area contributed by atoms with Gasteiger partial charge < -0.3 is 19.4 Å². The van der Waals surface area contributed by atoms with Crippen LogP contribution in [0.15, 0.2) is 59.2 Å². The van der Waals surface area contributed by atoms with Crippen molar-refractivity contribution in [3.63, 3.8) is 0 Å². The Morgan fingerprint density at radius 1 is 1.04 bits per heavy atom. The van der Waals surface area contributed by atoms with E-state index in [1.54, 1.807) is 36.6 Å². The second kappa shape index (κ2) is 5.88. The molecule has 3 rings (SSSR count). The molecule has 0 aliphatic rings. The van der Waals surface area contributed by atoms with Crippen LogP contribution in [0.5, 0.6) is 17.2 Å². The van der Waals surface area contributed by atoms with Crippen LogP contribution in [0, 0.1) is 0 Å². The van der Waals surface area contributed by atoms with Gasteiger partial charge in [-0.2, -0.15) is 0 Å². The fourth-order valence-corrected chi connectivity index (χ4v) is 2.30. The lowest BCUT2D eigenvalue weighted by molar-refractivity contribution is 0.103. The number of hydrogen-bond acceptors (Lipinski definition) is 5. The smallest absolute Gasteiger partial charge is 0.196 e. The third kappa shape index (κ3) is 2.76. The Morgan fingerprint density at radius 2 is 1.87 bits per heavy atom. The van der Waals surface area contributed by atoms with Crippen molar-refractivity contribution in [2.45, 2.75) is 0 Å². The number of phenols is 2. The molecule has 2 aromatic carbocycles. The summed E-state index contributed by atoms with van der Waals surface area (Å²) in [4.78, 5) is 12.7. The molecular weight excluding hydrogens is 296 g/mol. The Labute approximate surface area is 132 Å². The molecule has 23 heavy (non-hydrogen) atoms. The fraction of sp³-hybridized carbons (Fsp3) is 0.0556. The minimum Gasteiger partial charge on any atom is -0.504 e. The van der Waals surface area contributed by atoms with E-state index < -0.39 is 0 Å². The van der Waals surface area contributed by atoms with Crippen molar-refractivity contribution in [2.24, 2.45) is 0 Å². The number of rotatable bonds is 4. The second-order valence-corrected chi connectivity index (χ2v) is 4.92. The highest BCUT2D eigenvalue weighted by Gasteiger charge is 2.17. The van der Waals surface area contributed by atoms with Gasteiger partial charge in [0.1, 0.15) is 11.5 Å². The summed E-state index contributed by atoms with van der Waals surface area (Å²) in [6.07, 6.45) is 1.55. The minimum atomic E-state index is -0.350. The molecule has 0 bridgehead atoms. The van der Waals surface area contributed by atoms with E-state index in [2.05, 4.69) is 0 Å². The molecule has 0 spiro atoms. The molecule has 0 unspecified atom stereocenters. The van der Waals surface area contributed by atoms with Gasteiger partial charge in [-0.3, -0.25) is 4.79 Å². The Morgan fingerprint density at radius 3 is 2.52 bits per heavy atom. The van der Waals surface area contributed by atoms with Crippen LogP contribution in [0.25, 0.3) is 11.3 Å². The fourth-order valence-electron chi connectivity index (χ4n) is 2.30. The number of methoxy groups -OCH3 is 1. The van der Waals surface area contributed by atoms with Crippen molar-refractivity contribution >= 4 is 5.78 Å². The van der Waals surface area contributed by atoms with Crippen LogP contribution in [-0.4, -0.2) is 23.1 Å². The second-order valence-electron chi connectivity index (χ2n) is 4.92. The van der Waals surface area contributed by atoms with E-state index >= 15 is 0 Å². The van der Waals surface area contributed by atoms with E-state index in [9.17, 15) is 15.0 Å². The van der Waals surface area contributed by atoms with Gasteiger partial charge in [-0.15, -0.1) is 0 Å². The van der Waals surface area contributed by atoms with E-state index in [4.69, 9.17) is 9.15 Å². The third-order valence-electron chi connectivity index (χ3n) is 3.49. The largest absolute Gasteiger partial charge is 0.504 e. The molecule has 0 fully saturated rings. The molecule has 0 aliphatic carbocycles. The van der Waals surface area contributed by atoms with Gasteiger partial charge in [0, 0.05) is 11.1 Å². The first-order chi connectivity index (χ1) is 11.1. The summed E-state index contributed by atoms with van der Waals surface area (Å²) in [6, 6.07) is 12.6. The van der Waals surface area contributed by atoms with Crippen molar-refractivity contribution in [1.82, 2.24) is 0 Å². The van der Waals surface area contributed by atoms with Gasteiger partial charge in [0.15, 0.2) is 17.3 Å². The molecular formula is C18H14O5. The van der Waals surface area contributed by atoms with Gasteiger partial charge in [-0.05, 0) is 48.5 Å². The van der Waals surface area contributed by atoms with E-state index in [0.717, 1.165) is 5.56 Å². The van der Waals surface area contributed by atoms with Crippen molar-refractivity contribution in [2.75, 3.05) is 7.11 Å². The van der Waals surface area contributed by atoms with Crippen LogP contribution >= 0.6 is 0 Å². The van der Waals surface area contributed by atoms with E-state index in [0.29, 0.717) is 17.1 Å². The van der Waals surface area contributed by atoms with Crippen molar-refractivity contribution < 1.29 is 24.2 Å². The Hall–Kier alpha value is -3.21. The zero-order valence-corrected chi connectivity index (χ0v) is 12.3. The van der Waals surface area contributed by atoms with Gasteiger partial charge >= 0.3 is 0 Å². The molecule has 1 aromatic heterocycles. The summed E-state index contributed by atoms with van der Waals surface area (Å²) in [5, 5.41) is 18.9. The van der Waals surface area contributed by atoms with Crippen LogP contribution in [0.3, 0.4) is 0 Å². The summed E-state index contributed by atoms with van der Waals surface area (Å²) in [6.45, 7) is 0. The molecule has 5 nitrogen and oxygen atoms in total. The Bertz CT molecular complexity index is 850. The molecule has 0 aliphatic heterocycles. The van der Waals surface area contributed by atoms with Crippen LogP contribution in [0.1, 0.15) is 15.9 Å². The molecule has 1 heterocycles. The zero-order chi connectivity index (χ0) is 16.4. The number of furan rings is 1. The molecule has 116 valence electrons. The van der Waals surface area contributed by atoms with Gasteiger partial charge in [0.25, 0.3) is 0 Å². The van der Waals surface area contributed by atoms with Crippen LogP contribution in [0.4, 0.5) is 0 Å². The molecule has 5 heteroatoms. The number of carbonyl (C=O) groups excluding carboxylic acids is 1. The van der Waals surface area contributed by atoms with Crippen molar-refractivity contribution in [3.05, 3.63) is 65.9 Å². The molecule has 0 radical (unpaired) electrons. The van der Waals surface area contributed by atoms with E-state index in [1.165, 1.54) is 25.3 Å². The minimum absolute atomic E-state index is 0.246. The molecule has 0 saturated carbocycles. The maximum atomic E-state index is 12.7. The maximum Gasteiger partial charge on any atom is 0.196 e. The summed E-state index contributed by atoms with van der Waals surface area (Å²) < 4.78 is 10.6. The number of ketones is 1. The lowest BCUT2D eigenvalue weighted by atomic mass is 9.99. The predicted octanol–water partition coefficient (Wildman–Crippen LogP) is 3.60. The summed E-state index contributed by atoms with van der Waals surface area (Å²) in [5.41, 5.74) is 1.32. The number of phenolic OH excluding ortho intramolecular Hbond substituents is 2. The van der Waals surface area contributed by atoms with Crippen molar-refractivity contribution in [1.29, 1.82) is 0 Å². The average molecular weight is 310 g/mol. The summed E-state index contributed by atoms with van der Waals surface area (Å²) in [7, 11) is 1.48. The number of ether oxygens (including phenoxy) is 1. The summed E-state index contributed by atoms with van der Waals surface area (Å²) >= 11 is 0. The average Bonchev–Trinajstić information content (AvgIpc) is 3.10. The molecule has 3 aromatic rings. The van der Waals surface area contributed by atoms with E-state index in [1.807, 2.05) is 0 Å². The van der Waals surface area contributed by atoms with Gasteiger partial charge in [0.2, 0.25) is 0 Å². The van der Waals surface area contributed by atoms with Gasteiger partial charge in [-0.1, -0.05) is 0 Å². The first kappa shape index (κ1) is 14.7. The molecule has 0 saturated heterocycles. The van der Waals surface area contributed by atoms with E-state index in [-0.39, 0.29) is 22.8 Å². The Kier molecular flexibility index (Phi) is 3.76. The molecule has 0 atom stereocenters. The monoisotopic (exact) mass is 310 g/mol. The van der Waals surface area contributed by atoms with Gasteiger partial charge in [0.05, 0.1) is 18.9 Å². The summed E-state index contributed by atoms with van der Waals surface area (Å²) in [5.74, 6) is 0.0912. The Balaban J connectivity index is 2.07.